The second kappa shape index (κ2) is 6.57. The molecule has 4 nitrogen and oxygen atoms in total. The fraction of sp³-hybridized carbons (Fsp3) is 0.889. The van der Waals surface area contributed by atoms with E-state index in [1.165, 1.54) is 0 Å². The molecule has 0 heterocycles. The van der Waals surface area contributed by atoms with Crippen molar-refractivity contribution in [2.75, 3.05) is 13.2 Å². The molecule has 0 aliphatic rings. The molecule has 0 radical (unpaired) electrons. The minimum atomic E-state index is -4.51. The molecule has 0 aromatic heterocycles. The predicted octanol–water partition coefficient (Wildman–Crippen LogP) is 1.65. The van der Waals surface area contributed by atoms with E-state index in [1.807, 2.05) is 13.8 Å². The lowest BCUT2D eigenvalue weighted by atomic mass is 10.0. The summed E-state index contributed by atoms with van der Waals surface area (Å²) in [5.41, 5.74) is 5.36. The number of nitrogens with one attached hydrogen (secondary N) is 1. The van der Waals surface area contributed by atoms with E-state index in [1.54, 1.807) is 0 Å². The summed E-state index contributed by atoms with van der Waals surface area (Å²) in [6, 6.07) is -0.360. The van der Waals surface area contributed by atoms with Crippen LogP contribution in [0.25, 0.3) is 0 Å². The molecule has 0 rings (SSSR count). The fourth-order valence-corrected chi connectivity index (χ4v) is 1.14. The van der Waals surface area contributed by atoms with E-state index in [4.69, 9.17) is 5.73 Å². The van der Waals surface area contributed by atoms with Crippen LogP contribution >= 0.6 is 0 Å². The summed E-state index contributed by atoms with van der Waals surface area (Å²) in [7, 11) is 0. The first-order valence-corrected chi connectivity index (χ1v) is 4.94. The fourth-order valence-electron chi connectivity index (χ4n) is 1.14. The maximum absolute atomic E-state index is 11.7. The van der Waals surface area contributed by atoms with Crippen molar-refractivity contribution in [3.05, 3.63) is 0 Å². The third-order valence-electron chi connectivity index (χ3n) is 1.73. The Morgan fingerprint density at radius 2 is 2.00 bits per heavy atom. The van der Waals surface area contributed by atoms with Gasteiger partial charge in [-0.3, -0.25) is 0 Å². The molecule has 1 amide bonds. The number of alkyl carbamates (subject to hydrolysis) is 1. The van der Waals surface area contributed by atoms with Crippen molar-refractivity contribution in [1.82, 2.24) is 5.32 Å². The molecule has 3 N–H and O–H groups in total. The molecular formula is C9H17F3N2O2. The highest BCUT2D eigenvalue weighted by molar-refractivity contribution is 5.67. The Morgan fingerprint density at radius 1 is 1.44 bits per heavy atom. The van der Waals surface area contributed by atoms with Crippen molar-refractivity contribution >= 4 is 6.09 Å². The van der Waals surface area contributed by atoms with Gasteiger partial charge in [-0.1, -0.05) is 13.8 Å². The number of amides is 1. The molecule has 1 atom stereocenters. The summed E-state index contributed by atoms with van der Waals surface area (Å²) in [5.74, 6) is 0.288. The van der Waals surface area contributed by atoms with Gasteiger partial charge in [0.1, 0.15) is 0 Å². The number of hydrogen-bond acceptors (Lipinski definition) is 3. The van der Waals surface area contributed by atoms with Crippen molar-refractivity contribution < 1.29 is 22.7 Å². The zero-order valence-electron chi connectivity index (χ0n) is 9.30. The van der Waals surface area contributed by atoms with E-state index < -0.39 is 18.9 Å². The highest BCUT2D eigenvalue weighted by Crippen LogP contribution is 2.14. The average molecular weight is 242 g/mol. The maximum Gasteiger partial charge on any atom is 0.422 e. The highest BCUT2D eigenvalue weighted by Gasteiger charge is 2.29. The second-order valence-electron chi connectivity index (χ2n) is 3.90. The Kier molecular flexibility index (Phi) is 6.17. The number of nitrogens with two attached hydrogens (primary N) is 1. The Bertz CT molecular complexity index is 219. The summed E-state index contributed by atoms with van der Waals surface area (Å²) >= 11 is 0. The first-order chi connectivity index (χ1) is 7.24. The van der Waals surface area contributed by atoms with Crippen LogP contribution in [0.4, 0.5) is 18.0 Å². The largest absolute Gasteiger partial charge is 0.440 e. The van der Waals surface area contributed by atoms with E-state index in [-0.39, 0.29) is 18.5 Å². The van der Waals surface area contributed by atoms with Gasteiger partial charge in [0.2, 0.25) is 0 Å². The predicted molar refractivity (Wildman–Crippen MR) is 52.8 cm³/mol. The van der Waals surface area contributed by atoms with Crippen molar-refractivity contribution in [1.29, 1.82) is 0 Å². The van der Waals surface area contributed by atoms with Gasteiger partial charge >= 0.3 is 12.3 Å². The normalized spacial score (nSPS) is 13.7. The van der Waals surface area contributed by atoms with Gasteiger partial charge in [-0.25, -0.2) is 4.79 Å². The van der Waals surface area contributed by atoms with Crippen LogP contribution in [-0.4, -0.2) is 31.5 Å². The van der Waals surface area contributed by atoms with Crippen LogP contribution in [0.3, 0.4) is 0 Å². The monoisotopic (exact) mass is 242 g/mol. The van der Waals surface area contributed by atoms with E-state index in [0.29, 0.717) is 6.42 Å². The van der Waals surface area contributed by atoms with Crippen LogP contribution in [0.15, 0.2) is 0 Å². The molecule has 1 unspecified atom stereocenters. The quantitative estimate of drug-likeness (QED) is 0.770. The lowest BCUT2D eigenvalue weighted by Crippen LogP contribution is -2.42. The summed E-state index contributed by atoms with van der Waals surface area (Å²) in [5, 5.41) is 2.28. The minimum Gasteiger partial charge on any atom is -0.440 e. The molecule has 96 valence electrons. The average Bonchev–Trinajstić information content (AvgIpc) is 2.12. The summed E-state index contributed by atoms with van der Waals surface area (Å²) in [6.07, 6.45) is -5.00. The molecule has 0 aliphatic carbocycles. The van der Waals surface area contributed by atoms with E-state index in [2.05, 4.69) is 10.1 Å². The number of rotatable bonds is 5. The standard InChI is InChI=1S/C9H17F3N2O2/c1-6(2)3-7(4-13)14-8(15)16-5-9(10,11)12/h6-7H,3-5,13H2,1-2H3,(H,14,15). The van der Waals surface area contributed by atoms with Gasteiger partial charge in [-0.2, -0.15) is 13.2 Å². The van der Waals surface area contributed by atoms with Crippen molar-refractivity contribution in [2.24, 2.45) is 11.7 Å². The molecule has 0 aromatic carbocycles. The van der Waals surface area contributed by atoms with Gasteiger partial charge in [-0.05, 0) is 12.3 Å². The van der Waals surface area contributed by atoms with Crippen LogP contribution in [-0.2, 0) is 4.74 Å². The van der Waals surface area contributed by atoms with E-state index >= 15 is 0 Å². The van der Waals surface area contributed by atoms with Crippen molar-refractivity contribution in [3.8, 4) is 0 Å². The van der Waals surface area contributed by atoms with Crippen LogP contribution in [0, 0.1) is 5.92 Å². The van der Waals surface area contributed by atoms with Crippen LogP contribution in [0.1, 0.15) is 20.3 Å². The minimum absolute atomic E-state index is 0.166. The molecule has 0 spiro atoms. The number of ether oxygens (including phenoxy) is 1. The molecule has 0 saturated carbocycles. The molecule has 7 heteroatoms. The molecule has 0 aliphatic heterocycles. The van der Waals surface area contributed by atoms with Gasteiger partial charge in [-0.15, -0.1) is 0 Å². The van der Waals surface area contributed by atoms with Crippen molar-refractivity contribution in [2.45, 2.75) is 32.5 Å². The van der Waals surface area contributed by atoms with Gasteiger partial charge in [0.05, 0.1) is 0 Å². The van der Waals surface area contributed by atoms with Gasteiger partial charge in [0.15, 0.2) is 6.61 Å². The van der Waals surface area contributed by atoms with Gasteiger partial charge in [0, 0.05) is 12.6 Å². The molecule has 16 heavy (non-hydrogen) atoms. The Labute approximate surface area is 92.3 Å². The highest BCUT2D eigenvalue weighted by atomic mass is 19.4. The summed E-state index contributed by atoms with van der Waals surface area (Å²) in [4.78, 5) is 11.0. The summed E-state index contributed by atoms with van der Waals surface area (Å²) in [6.45, 7) is 2.42. The number of hydrogen-bond donors (Lipinski definition) is 2. The maximum atomic E-state index is 11.7. The van der Waals surface area contributed by atoms with E-state index in [0.717, 1.165) is 0 Å². The van der Waals surface area contributed by atoms with Crippen molar-refractivity contribution in [3.63, 3.8) is 0 Å². The number of halogens is 3. The van der Waals surface area contributed by atoms with Crippen LogP contribution in [0.2, 0.25) is 0 Å². The number of alkyl halides is 3. The van der Waals surface area contributed by atoms with Crippen LogP contribution < -0.4 is 11.1 Å². The zero-order chi connectivity index (χ0) is 12.8. The molecular weight excluding hydrogens is 225 g/mol. The van der Waals surface area contributed by atoms with E-state index in [9.17, 15) is 18.0 Å². The molecule has 0 aromatic rings. The Morgan fingerprint density at radius 3 is 2.38 bits per heavy atom. The van der Waals surface area contributed by atoms with Crippen LogP contribution in [0.5, 0.6) is 0 Å². The lowest BCUT2D eigenvalue weighted by Gasteiger charge is -2.18. The first-order valence-electron chi connectivity index (χ1n) is 4.94. The third kappa shape index (κ3) is 8.34. The van der Waals surface area contributed by atoms with Gasteiger partial charge < -0.3 is 15.8 Å². The molecule has 0 bridgehead atoms. The molecule has 0 saturated heterocycles. The van der Waals surface area contributed by atoms with Gasteiger partial charge in [0.25, 0.3) is 0 Å². The first kappa shape index (κ1) is 15.0. The summed E-state index contributed by atoms with van der Waals surface area (Å²) < 4.78 is 39.1. The zero-order valence-corrected chi connectivity index (χ0v) is 9.30. The smallest absolute Gasteiger partial charge is 0.422 e. The Balaban J connectivity index is 3.92. The number of carbonyl (C=O) groups is 1. The topological polar surface area (TPSA) is 64.3 Å². The Hall–Kier alpha value is -0.980. The third-order valence-corrected chi connectivity index (χ3v) is 1.73. The number of carbonyl (C=O) groups excluding carboxylic acids is 1. The second-order valence-corrected chi connectivity index (χ2v) is 3.90. The SMILES string of the molecule is CC(C)CC(CN)NC(=O)OCC(F)(F)F. The molecule has 0 fully saturated rings. The lowest BCUT2D eigenvalue weighted by molar-refractivity contribution is -0.160.